The lowest BCUT2D eigenvalue weighted by Crippen LogP contribution is -2.61. The fourth-order valence-electron chi connectivity index (χ4n) is 21.4. The van der Waals surface area contributed by atoms with Gasteiger partial charge in [-0.3, -0.25) is 0 Å². The Kier molecular flexibility index (Phi) is 20.1. The molecule has 2 aliphatic heterocycles. The molecule has 0 bridgehead atoms. The Bertz CT molecular complexity index is 8150. The van der Waals surface area contributed by atoms with E-state index in [-0.39, 0.29) is 5.56 Å². The molecular formula is C137H137BN4. The average molecular weight is 1860 g/mol. The third-order valence-electron chi connectivity index (χ3n) is 26.6. The van der Waals surface area contributed by atoms with Crippen molar-refractivity contribution in [1.82, 2.24) is 9.13 Å². The van der Waals surface area contributed by atoms with Crippen LogP contribution in [0.25, 0.3) is 144 Å². The van der Waals surface area contributed by atoms with Crippen LogP contribution in [-0.4, -0.2) is 15.8 Å². The van der Waals surface area contributed by atoms with Gasteiger partial charge in [0.15, 0.2) is 0 Å². The Morgan fingerprint density at radius 2 is 0.458 bits per heavy atom. The molecule has 0 aliphatic carbocycles. The molecule has 21 rings (SSSR count). The molecule has 0 N–H and O–H groups in total. The highest BCUT2D eigenvalue weighted by atomic mass is 15.2. The molecule has 4 heterocycles. The van der Waals surface area contributed by atoms with Crippen LogP contribution in [-0.2, 0) is 44.6 Å². The van der Waals surface area contributed by atoms with Crippen molar-refractivity contribution >= 4 is 101 Å². The monoisotopic (exact) mass is 1860 g/mol. The van der Waals surface area contributed by atoms with E-state index in [1.165, 1.54) is 0 Å². The van der Waals surface area contributed by atoms with Crippen molar-refractivity contribution in [3.8, 4) is 100 Å². The van der Waals surface area contributed by atoms with E-state index in [2.05, 4.69) is 237 Å². The first-order valence-electron chi connectivity index (χ1n) is 57.4. The van der Waals surface area contributed by atoms with Gasteiger partial charge in [0.2, 0.25) is 0 Å². The molecule has 19 aromatic rings. The summed E-state index contributed by atoms with van der Waals surface area (Å²) in [6.45, 7) is 39.0. The molecule has 0 saturated heterocycles. The highest BCUT2D eigenvalue weighted by Gasteiger charge is 2.46. The van der Waals surface area contributed by atoms with Crippen molar-refractivity contribution in [3.05, 3.63) is 403 Å². The standard InChI is InChI=1S/C137H137BN4/c1-131(2,3)82-89-38-34-50-102(66-89)110-80-124(112(76-106(110)87-136(16,17)18)104-52-36-40-91(68-104)84-133(7,8)9)141-126-78-108(139-120-62-54-98(94-42-26-22-27-43-94)72-114(120)115-73-99(55-63-121(115)139)95-44-28-23-29-45-95)58-60-118(126)138-119-61-59-109(140-122-64-56-100(96-46-30-24-31-47-96)74-116(122)117-75-101(57-65-123(117)140)97-48-32-25-33-49-97)79-127(119)142(129-71-93(86-135(13,14)15)70-128(141)130(129)138)125-81-111(103-51-35-39-90(67-103)83-132(4,5)6)107(88-137(19,20)21)77-113(125)105-53-37-41-92(69-105)85-134(10,11)12/h22-81H,82-88H2,1-21H3/i82D2,83D2,84D2,85D2,86D2,87D2,88D2. The van der Waals surface area contributed by atoms with E-state index < -0.39 is 89.2 Å². The summed E-state index contributed by atoms with van der Waals surface area (Å²) in [5, 5.41) is 4.01. The number of hydrogen-bond acceptors (Lipinski definition) is 2. The van der Waals surface area contributed by atoms with Crippen LogP contribution in [0.1, 0.15) is 204 Å². The largest absolute Gasteiger partial charge is 0.311 e. The highest BCUT2D eigenvalue weighted by molar-refractivity contribution is 7.00. The number of benzene rings is 17. The molecule has 2 aliphatic rings. The van der Waals surface area contributed by atoms with E-state index in [4.69, 9.17) is 0 Å². The molecule has 142 heavy (non-hydrogen) atoms. The lowest BCUT2D eigenvalue weighted by Gasteiger charge is -2.46. The molecule has 0 amide bonds. The van der Waals surface area contributed by atoms with E-state index in [0.717, 1.165) is 110 Å². The molecule has 708 valence electrons. The number of fused-ring (bicyclic) bond motifs is 10. The molecular weight excluding hydrogens is 1710 g/mol. The number of aromatic nitrogens is 2. The predicted octanol–water partition coefficient (Wildman–Crippen LogP) is 36.4. The van der Waals surface area contributed by atoms with E-state index in [1.54, 1.807) is 0 Å². The first-order chi connectivity index (χ1) is 73.1. The van der Waals surface area contributed by atoms with E-state index in [9.17, 15) is 19.2 Å². The van der Waals surface area contributed by atoms with Gasteiger partial charge in [0, 0.05) is 86.0 Å². The van der Waals surface area contributed by atoms with Crippen molar-refractivity contribution in [2.75, 3.05) is 9.80 Å². The Balaban J connectivity index is 0.984. The second kappa shape index (κ2) is 36.2. The number of nitrogens with zero attached hydrogens (tertiary/aromatic N) is 4. The Morgan fingerprint density at radius 1 is 0.197 bits per heavy atom. The summed E-state index contributed by atoms with van der Waals surface area (Å²) in [4.78, 5) is 4.54. The third-order valence-corrected chi connectivity index (χ3v) is 26.6. The number of hydrogen-bond donors (Lipinski definition) is 0. The lowest BCUT2D eigenvalue weighted by molar-refractivity contribution is 0.410. The highest BCUT2D eigenvalue weighted by Crippen LogP contribution is 2.55. The summed E-state index contributed by atoms with van der Waals surface area (Å²) in [5.41, 5.74) is 18.4. The topological polar surface area (TPSA) is 16.3 Å². The molecule has 0 saturated carbocycles. The normalized spacial score (nSPS) is 15.3. The van der Waals surface area contributed by atoms with Crippen molar-refractivity contribution in [2.45, 2.75) is 190 Å². The summed E-state index contributed by atoms with van der Waals surface area (Å²) in [6.07, 6.45) is -14.5. The van der Waals surface area contributed by atoms with Crippen LogP contribution in [0.5, 0.6) is 0 Å². The van der Waals surface area contributed by atoms with E-state index >= 15 is 0 Å². The Hall–Kier alpha value is -14.0. The van der Waals surface area contributed by atoms with Gasteiger partial charge in [-0.25, -0.2) is 0 Å². The second-order valence-corrected chi connectivity index (χ2v) is 46.4. The zero-order valence-electron chi connectivity index (χ0n) is 100. The third kappa shape index (κ3) is 19.3. The molecule has 0 fully saturated rings. The van der Waals surface area contributed by atoms with Gasteiger partial charge in [-0.2, -0.15) is 0 Å². The summed E-state index contributed by atoms with van der Waals surface area (Å²) < 4.78 is 153. The van der Waals surface area contributed by atoms with Gasteiger partial charge in [0.1, 0.15) is 0 Å². The van der Waals surface area contributed by atoms with Gasteiger partial charge in [0.05, 0.1) is 33.4 Å². The van der Waals surface area contributed by atoms with Crippen LogP contribution in [0.4, 0.5) is 34.1 Å². The Labute approximate surface area is 865 Å². The zero-order valence-corrected chi connectivity index (χ0v) is 86.0. The van der Waals surface area contributed by atoms with Crippen LogP contribution >= 0.6 is 0 Å². The quantitative estimate of drug-likeness (QED) is 0.0750. The molecule has 0 unspecified atom stereocenters. The fourth-order valence-corrected chi connectivity index (χ4v) is 21.4. The molecule has 4 nitrogen and oxygen atoms in total. The van der Waals surface area contributed by atoms with Crippen LogP contribution in [0.3, 0.4) is 0 Å². The zero-order chi connectivity index (χ0) is 112. The van der Waals surface area contributed by atoms with Crippen LogP contribution in [0.15, 0.2) is 364 Å². The molecule has 2 aromatic heterocycles. The number of rotatable bonds is 19. The van der Waals surface area contributed by atoms with Gasteiger partial charge in [-0.15, -0.1) is 0 Å². The van der Waals surface area contributed by atoms with Crippen molar-refractivity contribution in [3.63, 3.8) is 0 Å². The van der Waals surface area contributed by atoms with Crippen molar-refractivity contribution < 1.29 is 19.2 Å². The lowest BCUT2D eigenvalue weighted by atomic mass is 9.33. The molecule has 0 spiro atoms. The maximum absolute atomic E-state index is 11.4. The van der Waals surface area contributed by atoms with Gasteiger partial charge in [-0.1, -0.05) is 400 Å². The average Bonchev–Trinajstić information content (AvgIpc) is 0.976. The molecule has 17 aromatic carbocycles. The first kappa shape index (κ1) is 78.7. The molecule has 5 heteroatoms. The van der Waals surface area contributed by atoms with Gasteiger partial charge < -0.3 is 18.9 Å². The fraction of sp³-hybridized carbons (Fsp3) is 0.255. The second-order valence-electron chi connectivity index (χ2n) is 46.4. The van der Waals surface area contributed by atoms with Crippen LogP contribution in [0.2, 0.25) is 0 Å². The van der Waals surface area contributed by atoms with E-state index in [1.807, 2.05) is 291 Å². The first-order valence-corrected chi connectivity index (χ1v) is 50.4. The summed E-state index contributed by atoms with van der Waals surface area (Å²) in [6, 6.07) is 124. The summed E-state index contributed by atoms with van der Waals surface area (Å²) in [5.74, 6) is 0. The minimum Gasteiger partial charge on any atom is -0.311 e. The molecule has 0 radical (unpaired) electrons. The van der Waals surface area contributed by atoms with Gasteiger partial charge >= 0.3 is 0 Å². The maximum atomic E-state index is 11.4. The van der Waals surface area contributed by atoms with Crippen LogP contribution < -0.4 is 26.2 Å². The smallest absolute Gasteiger partial charge is 0.252 e. The summed E-state index contributed by atoms with van der Waals surface area (Å²) in [7, 11) is 0. The molecule has 0 atom stereocenters. The van der Waals surface area contributed by atoms with Crippen molar-refractivity contribution in [1.29, 1.82) is 0 Å². The van der Waals surface area contributed by atoms with Crippen molar-refractivity contribution in [2.24, 2.45) is 37.9 Å². The number of anilines is 6. The predicted molar refractivity (Wildman–Crippen MR) is 615 cm³/mol. The van der Waals surface area contributed by atoms with Crippen LogP contribution in [0, 0.1) is 37.9 Å². The van der Waals surface area contributed by atoms with Gasteiger partial charge in [0.25, 0.3) is 6.71 Å². The Morgan fingerprint density at radius 3 is 0.732 bits per heavy atom. The maximum Gasteiger partial charge on any atom is 0.252 e. The SMILES string of the molecule is [2H]C([2H])(c1cccc(-c2cc(C([2H])([2H])C(C)(C)C)c(-c3cccc(C([2H])([2H])C(C)(C)C)c3)cc2N2c3cc(-n4c5ccc(-c6ccccc6)cc5c5cc(-c6ccccc6)ccc54)ccc3B3c4ccc(-n5c6ccc(-c7ccccc7)cc6c6cc(-c7ccccc7)ccc65)cc4N(c4cc(-c5cccc(C([2H])([2H])C(C)(C)C)c5)c(C([2H])([2H])C(C)(C)C)cc4-c4cccc(C([2H])([2H])C(C)(C)C)c4)c4cc(C([2H])([2H])C(C)(C)C)cc2c43)c1)C(C)(C)C. The summed E-state index contributed by atoms with van der Waals surface area (Å²) >= 11 is 0. The minimum atomic E-state index is -2.27. The van der Waals surface area contributed by atoms with Gasteiger partial charge in [-0.05, 0) is 325 Å². The van der Waals surface area contributed by atoms with E-state index in [0.29, 0.717) is 117 Å². The minimum absolute atomic E-state index is 0.272.